The number of sulfone groups is 1. The van der Waals surface area contributed by atoms with E-state index in [1.165, 1.54) is 0 Å². The summed E-state index contributed by atoms with van der Waals surface area (Å²) in [6.07, 6.45) is 0.708. The number of nitrogens with one attached hydrogen (secondary N) is 1. The van der Waals surface area contributed by atoms with Crippen molar-refractivity contribution in [2.75, 3.05) is 18.2 Å². The van der Waals surface area contributed by atoms with Crippen molar-refractivity contribution in [3.8, 4) is 0 Å². The van der Waals surface area contributed by atoms with Gasteiger partial charge in [0.25, 0.3) is 0 Å². The van der Waals surface area contributed by atoms with E-state index in [9.17, 15) is 8.42 Å². The van der Waals surface area contributed by atoms with Gasteiger partial charge >= 0.3 is 0 Å². The molecule has 1 atom stereocenters. The Morgan fingerprint density at radius 1 is 1.60 bits per heavy atom. The molecule has 0 aliphatic carbocycles. The molecule has 1 unspecified atom stereocenters. The van der Waals surface area contributed by atoms with E-state index in [-0.39, 0.29) is 11.8 Å². The van der Waals surface area contributed by atoms with E-state index in [1.807, 2.05) is 0 Å². The molecule has 3 N–H and O–H groups in total. The maximum atomic E-state index is 10.8. The van der Waals surface area contributed by atoms with Crippen molar-refractivity contribution in [3.05, 3.63) is 0 Å². The Morgan fingerprint density at radius 2 is 2.30 bits per heavy atom. The Balaban J connectivity index is 2.44. The SMILES string of the molecule is NCNC1CCS(=O)(=O)C1. The summed E-state index contributed by atoms with van der Waals surface area (Å²) in [4.78, 5) is 0. The summed E-state index contributed by atoms with van der Waals surface area (Å²) in [5.74, 6) is 0.564. The second-order valence-electron chi connectivity index (χ2n) is 2.51. The minimum Gasteiger partial charge on any atom is -0.318 e. The average Bonchev–Trinajstić information content (AvgIpc) is 2.12. The fourth-order valence-electron chi connectivity index (χ4n) is 1.12. The molecule has 60 valence electrons. The average molecular weight is 164 g/mol. The van der Waals surface area contributed by atoms with Crippen molar-refractivity contribution in [2.45, 2.75) is 12.5 Å². The highest BCUT2D eigenvalue weighted by Crippen LogP contribution is 2.10. The number of hydrogen-bond donors (Lipinski definition) is 2. The third-order valence-corrected chi connectivity index (χ3v) is 3.41. The van der Waals surface area contributed by atoms with Gasteiger partial charge in [-0.05, 0) is 6.42 Å². The van der Waals surface area contributed by atoms with Gasteiger partial charge in [-0.15, -0.1) is 0 Å². The van der Waals surface area contributed by atoms with Crippen molar-refractivity contribution in [3.63, 3.8) is 0 Å². The lowest BCUT2D eigenvalue weighted by Crippen LogP contribution is -2.34. The first-order chi connectivity index (χ1) is 4.64. The molecule has 1 aliphatic rings. The summed E-state index contributed by atoms with van der Waals surface area (Å²) >= 11 is 0. The van der Waals surface area contributed by atoms with Crippen molar-refractivity contribution in [2.24, 2.45) is 5.73 Å². The molecule has 0 amide bonds. The Bertz CT molecular complexity index is 200. The lowest BCUT2D eigenvalue weighted by molar-refractivity contribution is 0.565. The van der Waals surface area contributed by atoms with Crippen LogP contribution in [0.2, 0.25) is 0 Å². The van der Waals surface area contributed by atoms with Crippen LogP contribution < -0.4 is 11.1 Å². The van der Waals surface area contributed by atoms with Gasteiger partial charge in [0.05, 0.1) is 11.5 Å². The Hall–Kier alpha value is -0.130. The highest BCUT2D eigenvalue weighted by Gasteiger charge is 2.26. The van der Waals surface area contributed by atoms with Crippen molar-refractivity contribution in [1.29, 1.82) is 0 Å². The molecule has 0 aromatic carbocycles. The van der Waals surface area contributed by atoms with Gasteiger partial charge in [-0.25, -0.2) is 8.42 Å². The molecule has 0 aromatic heterocycles. The molecule has 1 rings (SSSR count). The normalized spacial score (nSPS) is 30.7. The predicted octanol–water partition coefficient (Wildman–Crippen LogP) is -1.32. The van der Waals surface area contributed by atoms with E-state index in [0.717, 1.165) is 0 Å². The van der Waals surface area contributed by atoms with Crippen LogP contribution in [0, 0.1) is 0 Å². The Kier molecular flexibility index (Phi) is 2.28. The zero-order chi connectivity index (χ0) is 7.61. The van der Waals surface area contributed by atoms with Gasteiger partial charge in [0.15, 0.2) is 9.84 Å². The lowest BCUT2D eigenvalue weighted by atomic mass is 10.3. The summed E-state index contributed by atoms with van der Waals surface area (Å²) in [5.41, 5.74) is 5.19. The smallest absolute Gasteiger partial charge is 0.151 e. The Morgan fingerprint density at radius 3 is 2.70 bits per heavy atom. The fraction of sp³-hybridized carbons (Fsp3) is 1.00. The monoisotopic (exact) mass is 164 g/mol. The van der Waals surface area contributed by atoms with Crippen LogP contribution in [0.25, 0.3) is 0 Å². The number of rotatable bonds is 2. The van der Waals surface area contributed by atoms with Crippen LogP contribution >= 0.6 is 0 Å². The van der Waals surface area contributed by atoms with E-state index >= 15 is 0 Å². The first kappa shape index (κ1) is 7.97. The lowest BCUT2D eigenvalue weighted by Gasteiger charge is -2.05. The van der Waals surface area contributed by atoms with Gasteiger partial charge in [-0.3, -0.25) is 0 Å². The highest BCUT2D eigenvalue weighted by atomic mass is 32.2. The molecule has 0 radical (unpaired) electrons. The van der Waals surface area contributed by atoms with Crippen LogP contribution in [0.1, 0.15) is 6.42 Å². The molecule has 4 nitrogen and oxygen atoms in total. The molecule has 5 heteroatoms. The molecular formula is C5H12N2O2S. The van der Waals surface area contributed by atoms with Crippen molar-refractivity contribution in [1.82, 2.24) is 5.32 Å². The van der Waals surface area contributed by atoms with E-state index in [0.29, 0.717) is 18.8 Å². The second-order valence-corrected chi connectivity index (χ2v) is 4.74. The van der Waals surface area contributed by atoms with Gasteiger partial charge in [0.1, 0.15) is 0 Å². The maximum absolute atomic E-state index is 10.8. The number of nitrogens with two attached hydrogens (primary N) is 1. The number of hydrogen-bond acceptors (Lipinski definition) is 4. The van der Waals surface area contributed by atoms with Crippen LogP contribution in [0.3, 0.4) is 0 Å². The molecule has 0 saturated carbocycles. The van der Waals surface area contributed by atoms with Crippen LogP contribution in [0.4, 0.5) is 0 Å². The van der Waals surface area contributed by atoms with Crippen molar-refractivity contribution < 1.29 is 8.42 Å². The van der Waals surface area contributed by atoms with Crippen LogP contribution in [0.5, 0.6) is 0 Å². The quantitative estimate of drug-likeness (QED) is 0.496. The van der Waals surface area contributed by atoms with E-state index in [1.54, 1.807) is 0 Å². The van der Waals surface area contributed by atoms with E-state index in [2.05, 4.69) is 5.32 Å². The third kappa shape index (κ3) is 1.93. The minimum atomic E-state index is -2.74. The molecule has 0 bridgehead atoms. The molecule has 10 heavy (non-hydrogen) atoms. The molecule has 1 saturated heterocycles. The molecule has 1 fully saturated rings. The molecule has 1 heterocycles. The minimum absolute atomic E-state index is 0.0926. The standard InChI is InChI=1S/C5H12N2O2S/c6-4-7-5-1-2-10(8,9)3-5/h5,7H,1-4,6H2. The van der Waals surface area contributed by atoms with Crippen LogP contribution in [-0.4, -0.2) is 32.6 Å². The molecule has 0 aromatic rings. The largest absolute Gasteiger partial charge is 0.318 e. The predicted molar refractivity (Wildman–Crippen MR) is 39.2 cm³/mol. The van der Waals surface area contributed by atoms with Gasteiger partial charge in [0, 0.05) is 12.7 Å². The van der Waals surface area contributed by atoms with E-state index in [4.69, 9.17) is 5.73 Å². The van der Waals surface area contributed by atoms with Crippen LogP contribution in [0.15, 0.2) is 0 Å². The van der Waals surface area contributed by atoms with E-state index < -0.39 is 9.84 Å². The summed E-state index contributed by atoms with van der Waals surface area (Å²) in [6, 6.07) is 0.0926. The third-order valence-electron chi connectivity index (χ3n) is 1.64. The first-order valence-corrected chi connectivity index (χ1v) is 5.10. The van der Waals surface area contributed by atoms with Gasteiger partial charge in [-0.1, -0.05) is 0 Å². The molecular weight excluding hydrogens is 152 g/mol. The van der Waals surface area contributed by atoms with Gasteiger partial charge < -0.3 is 11.1 Å². The van der Waals surface area contributed by atoms with Gasteiger partial charge in [-0.2, -0.15) is 0 Å². The summed E-state index contributed by atoms with van der Waals surface area (Å²) in [7, 11) is -2.74. The van der Waals surface area contributed by atoms with Crippen molar-refractivity contribution >= 4 is 9.84 Å². The second kappa shape index (κ2) is 2.86. The maximum Gasteiger partial charge on any atom is 0.151 e. The molecule has 0 spiro atoms. The van der Waals surface area contributed by atoms with Gasteiger partial charge in [0.2, 0.25) is 0 Å². The summed E-state index contributed by atoms with van der Waals surface area (Å²) in [6.45, 7) is 0.361. The summed E-state index contributed by atoms with van der Waals surface area (Å²) in [5, 5.41) is 2.90. The Labute approximate surface area is 60.7 Å². The topological polar surface area (TPSA) is 72.2 Å². The molecule has 1 aliphatic heterocycles. The first-order valence-electron chi connectivity index (χ1n) is 3.28. The highest BCUT2D eigenvalue weighted by molar-refractivity contribution is 7.91. The van der Waals surface area contributed by atoms with Crippen LogP contribution in [-0.2, 0) is 9.84 Å². The summed E-state index contributed by atoms with van der Waals surface area (Å²) < 4.78 is 21.7. The zero-order valence-electron chi connectivity index (χ0n) is 5.71. The fourth-order valence-corrected chi connectivity index (χ4v) is 2.83. The zero-order valence-corrected chi connectivity index (χ0v) is 6.52.